The van der Waals surface area contributed by atoms with Gasteiger partial charge in [0.1, 0.15) is 5.75 Å². The normalized spacial score (nSPS) is 10.1. The van der Waals surface area contributed by atoms with Gasteiger partial charge in [-0.2, -0.15) is 0 Å². The molecule has 0 fully saturated rings. The van der Waals surface area contributed by atoms with Crippen molar-refractivity contribution in [2.45, 2.75) is 19.4 Å². The van der Waals surface area contributed by atoms with Gasteiger partial charge in [0.05, 0.1) is 0 Å². The van der Waals surface area contributed by atoms with Crippen LogP contribution in [0.2, 0.25) is 0 Å². The summed E-state index contributed by atoms with van der Waals surface area (Å²) < 4.78 is 0. The molecule has 0 heterocycles. The van der Waals surface area contributed by atoms with Crippen LogP contribution < -0.4 is 5.73 Å². The van der Waals surface area contributed by atoms with Crippen LogP contribution in [-0.4, -0.2) is 29.5 Å². The Bertz CT molecular complexity index is 353. The monoisotopic (exact) mass is 222 g/mol. The van der Waals surface area contributed by atoms with E-state index in [-0.39, 0.29) is 11.7 Å². The summed E-state index contributed by atoms with van der Waals surface area (Å²) in [6, 6.07) is 6.92. The van der Waals surface area contributed by atoms with Crippen LogP contribution in [-0.2, 0) is 11.3 Å². The van der Waals surface area contributed by atoms with Crippen LogP contribution in [0.5, 0.6) is 5.75 Å². The van der Waals surface area contributed by atoms with Crippen LogP contribution in [0.1, 0.15) is 18.4 Å². The van der Waals surface area contributed by atoms with Crippen LogP contribution in [0, 0.1) is 0 Å². The Morgan fingerprint density at radius 3 is 2.88 bits per heavy atom. The molecule has 16 heavy (non-hydrogen) atoms. The van der Waals surface area contributed by atoms with Crippen LogP contribution in [0.4, 0.5) is 0 Å². The standard InChI is InChI=1S/C12H18N2O2/c1-14(12(16)6-3-7-13)9-10-4-2-5-11(15)8-10/h2,4-5,8,15H,3,6-7,9,13H2,1H3. The highest BCUT2D eigenvalue weighted by Crippen LogP contribution is 2.12. The Hall–Kier alpha value is -1.55. The van der Waals surface area contributed by atoms with Gasteiger partial charge in [0, 0.05) is 20.0 Å². The minimum atomic E-state index is 0.0776. The summed E-state index contributed by atoms with van der Waals surface area (Å²) in [7, 11) is 1.75. The maximum atomic E-state index is 11.6. The molecule has 0 aromatic heterocycles. The second-order valence-electron chi connectivity index (χ2n) is 3.81. The largest absolute Gasteiger partial charge is 0.508 e. The summed E-state index contributed by atoms with van der Waals surface area (Å²) in [5.41, 5.74) is 6.27. The maximum Gasteiger partial charge on any atom is 0.222 e. The number of phenols is 1. The van der Waals surface area contributed by atoms with Crippen LogP contribution in [0.25, 0.3) is 0 Å². The van der Waals surface area contributed by atoms with Crippen molar-refractivity contribution in [2.24, 2.45) is 5.73 Å². The lowest BCUT2D eigenvalue weighted by molar-refractivity contribution is -0.130. The SMILES string of the molecule is CN(Cc1cccc(O)c1)C(=O)CCCN. The van der Waals surface area contributed by atoms with Gasteiger partial charge < -0.3 is 15.7 Å². The van der Waals surface area contributed by atoms with Crippen LogP contribution in [0.3, 0.4) is 0 Å². The molecule has 0 radical (unpaired) electrons. The van der Waals surface area contributed by atoms with E-state index in [9.17, 15) is 9.90 Å². The highest BCUT2D eigenvalue weighted by molar-refractivity contribution is 5.75. The predicted molar refractivity (Wildman–Crippen MR) is 62.9 cm³/mol. The van der Waals surface area contributed by atoms with Crippen molar-refractivity contribution in [2.75, 3.05) is 13.6 Å². The fourth-order valence-electron chi connectivity index (χ4n) is 1.46. The van der Waals surface area contributed by atoms with Gasteiger partial charge in [-0.15, -0.1) is 0 Å². The van der Waals surface area contributed by atoms with Crippen LogP contribution >= 0.6 is 0 Å². The molecule has 0 bridgehead atoms. The molecule has 3 N–H and O–H groups in total. The summed E-state index contributed by atoms with van der Waals surface area (Å²) >= 11 is 0. The summed E-state index contributed by atoms with van der Waals surface area (Å²) in [5.74, 6) is 0.300. The molecule has 4 heteroatoms. The molecule has 0 atom stereocenters. The van der Waals surface area contributed by atoms with E-state index in [4.69, 9.17) is 5.73 Å². The first-order valence-electron chi connectivity index (χ1n) is 5.35. The number of phenolic OH excluding ortho intramolecular Hbond substituents is 1. The Kier molecular flexibility index (Phi) is 4.79. The molecule has 0 aliphatic heterocycles. The van der Waals surface area contributed by atoms with Gasteiger partial charge in [-0.1, -0.05) is 12.1 Å². The van der Waals surface area contributed by atoms with E-state index in [0.717, 1.165) is 5.56 Å². The molecule has 0 saturated carbocycles. The minimum Gasteiger partial charge on any atom is -0.508 e. The first-order chi connectivity index (χ1) is 7.63. The average molecular weight is 222 g/mol. The Morgan fingerprint density at radius 2 is 2.25 bits per heavy atom. The average Bonchev–Trinajstić information content (AvgIpc) is 2.25. The third-order valence-corrected chi connectivity index (χ3v) is 2.35. The number of rotatable bonds is 5. The third-order valence-electron chi connectivity index (χ3n) is 2.35. The lowest BCUT2D eigenvalue weighted by Gasteiger charge is -2.17. The molecular weight excluding hydrogens is 204 g/mol. The Morgan fingerprint density at radius 1 is 1.50 bits per heavy atom. The Balaban J connectivity index is 2.50. The highest BCUT2D eigenvalue weighted by Gasteiger charge is 2.08. The topological polar surface area (TPSA) is 66.6 Å². The lowest BCUT2D eigenvalue weighted by Crippen LogP contribution is -2.26. The fourth-order valence-corrected chi connectivity index (χ4v) is 1.46. The predicted octanol–water partition coefficient (Wildman–Crippen LogP) is 1.09. The van der Waals surface area contributed by atoms with Crippen molar-refractivity contribution >= 4 is 5.91 Å². The number of carbonyl (C=O) groups is 1. The number of amides is 1. The molecule has 0 aliphatic carbocycles. The molecule has 1 amide bonds. The highest BCUT2D eigenvalue weighted by atomic mass is 16.3. The second-order valence-corrected chi connectivity index (χ2v) is 3.81. The number of nitrogens with two attached hydrogens (primary N) is 1. The third kappa shape index (κ3) is 3.90. The van der Waals surface area contributed by atoms with Crippen molar-refractivity contribution in [1.82, 2.24) is 4.90 Å². The number of hydrogen-bond acceptors (Lipinski definition) is 3. The molecule has 0 aliphatic rings. The first kappa shape index (κ1) is 12.5. The number of aromatic hydroxyl groups is 1. The van der Waals surface area contributed by atoms with Crippen molar-refractivity contribution in [3.8, 4) is 5.75 Å². The van der Waals surface area contributed by atoms with Gasteiger partial charge in [0.2, 0.25) is 5.91 Å². The van der Waals surface area contributed by atoms with E-state index >= 15 is 0 Å². The lowest BCUT2D eigenvalue weighted by atomic mass is 10.2. The molecule has 0 saturated heterocycles. The minimum absolute atomic E-state index is 0.0776. The van der Waals surface area contributed by atoms with E-state index in [2.05, 4.69) is 0 Å². The van der Waals surface area contributed by atoms with Gasteiger partial charge in [-0.05, 0) is 30.7 Å². The zero-order valence-corrected chi connectivity index (χ0v) is 9.52. The van der Waals surface area contributed by atoms with Gasteiger partial charge in [0.25, 0.3) is 0 Å². The van der Waals surface area contributed by atoms with Crippen molar-refractivity contribution in [3.63, 3.8) is 0 Å². The summed E-state index contributed by atoms with van der Waals surface area (Å²) in [4.78, 5) is 13.2. The van der Waals surface area contributed by atoms with Crippen molar-refractivity contribution in [3.05, 3.63) is 29.8 Å². The van der Waals surface area contributed by atoms with E-state index < -0.39 is 0 Å². The second kappa shape index (κ2) is 6.12. The van der Waals surface area contributed by atoms with Crippen molar-refractivity contribution < 1.29 is 9.90 Å². The van der Waals surface area contributed by atoms with Crippen LogP contribution in [0.15, 0.2) is 24.3 Å². The molecule has 1 aromatic rings. The van der Waals surface area contributed by atoms with Gasteiger partial charge in [0.15, 0.2) is 0 Å². The molecule has 1 rings (SSSR count). The van der Waals surface area contributed by atoms with Gasteiger partial charge in [-0.25, -0.2) is 0 Å². The number of carbonyl (C=O) groups excluding carboxylic acids is 1. The number of benzene rings is 1. The zero-order chi connectivity index (χ0) is 12.0. The fraction of sp³-hybridized carbons (Fsp3) is 0.417. The van der Waals surface area contributed by atoms with E-state index in [1.54, 1.807) is 30.1 Å². The smallest absolute Gasteiger partial charge is 0.222 e. The van der Waals surface area contributed by atoms with Gasteiger partial charge >= 0.3 is 0 Å². The van der Waals surface area contributed by atoms with E-state index in [1.165, 1.54) is 0 Å². The van der Waals surface area contributed by atoms with E-state index in [0.29, 0.717) is 25.9 Å². The van der Waals surface area contributed by atoms with Crippen molar-refractivity contribution in [1.29, 1.82) is 0 Å². The molecule has 0 spiro atoms. The molecule has 88 valence electrons. The summed E-state index contributed by atoms with van der Waals surface area (Å²) in [5, 5.41) is 9.29. The molecular formula is C12H18N2O2. The molecule has 1 aromatic carbocycles. The van der Waals surface area contributed by atoms with E-state index in [1.807, 2.05) is 6.07 Å². The first-order valence-corrected chi connectivity index (χ1v) is 5.35. The Labute approximate surface area is 95.7 Å². The number of hydrogen-bond donors (Lipinski definition) is 2. The molecule has 0 unspecified atom stereocenters. The quantitative estimate of drug-likeness (QED) is 0.783. The van der Waals surface area contributed by atoms with Gasteiger partial charge in [-0.3, -0.25) is 4.79 Å². The summed E-state index contributed by atoms with van der Waals surface area (Å²) in [6.07, 6.45) is 1.19. The summed E-state index contributed by atoms with van der Waals surface area (Å²) in [6.45, 7) is 1.05. The maximum absolute atomic E-state index is 11.6. The zero-order valence-electron chi connectivity index (χ0n) is 9.52. The number of nitrogens with zero attached hydrogens (tertiary/aromatic N) is 1. The molecule has 4 nitrogen and oxygen atoms in total.